The van der Waals surface area contributed by atoms with Gasteiger partial charge in [-0.1, -0.05) is 30.3 Å². The van der Waals surface area contributed by atoms with Crippen molar-refractivity contribution < 1.29 is 4.74 Å². The number of para-hydroxylation sites is 3. The Morgan fingerprint density at radius 2 is 1.89 bits per heavy atom. The highest BCUT2D eigenvalue weighted by molar-refractivity contribution is 5.83. The van der Waals surface area contributed by atoms with E-state index in [2.05, 4.69) is 51.4 Å². The SMILES string of the molecule is c1ccc2c(c1)OCCN2c1nccc(CCc2c[nH]c3ccccc23)n1. The predicted molar refractivity (Wildman–Crippen MR) is 107 cm³/mol. The molecule has 5 heteroatoms. The molecule has 0 bridgehead atoms. The largest absolute Gasteiger partial charge is 0.490 e. The van der Waals surface area contributed by atoms with Crippen molar-refractivity contribution in [1.82, 2.24) is 15.0 Å². The maximum Gasteiger partial charge on any atom is 0.230 e. The molecule has 0 unspecified atom stereocenters. The third kappa shape index (κ3) is 3.01. The van der Waals surface area contributed by atoms with Gasteiger partial charge in [0.2, 0.25) is 5.95 Å². The topological polar surface area (TPSA) is 54.0 Å². The van der Waals surface area contributed by atoms with Gasteiger partial charge in [0.05, 0.1) is 12.2 Å². The summed E-state index contributed by atoms with van der Waals surface area (Å²) in [6, 6.07) is 18.5. The number of rotatable bonds is 4. The van der Waals surface area contributed by atoms with Crippen LogP contribution in [0.5, 0.6) is 5.75 Å². The quantitative estimate of drug-likeness (QED) is 0.593. The number of hydrogen-bond acceptors (Lipinski definition) is 4. The fraction of sp³-hybridized carbons (Fsp3) is 0.182. The molecule has 5 rings (SSSR count). The molecule has 0 atom stereocenters. The zero-order valence-corrected chi connectivity index (χ0v) is 14.9. The van der Waals surface area contributed by atoms with E-state index in [1.54, 1.807) is 0 Å². The van der Waals surface area contributed by atoms with E-state index in [-0.39, 0.29) is 0 Å². The summed E-state index contributed by atoms with van der Waals surface area (Å²) in [6.07, 6.45) is 5.78. The smallest absolute Gasteiger partial charge is 0.230 e. The van der Waals surface area contributed by atoms with Crippen LogP contribution in [-0.2, 0) is 12.8 Å². The maximum absolute atomic E-state index is 5.74. The Kier molecular flexibility index (Phi) is 3.98. The molecule has 0 spiro atoms. The Labute approximate surface area is 157 Å². The molecule has 27 heavy (non-hydrogen) atoms. The molecule has 1 aliphatic heterocycles. The predicted octanol–water partition coefficient (Wildman–Crippen LogP) is 4.27. The van der Waals surface area contributed by atoms with Gasteiger partial charge in [-0.3, -0.25) is 0 Å². The van der Waals surface area contributed by atoms with Gasteiger partial charge in [0, 0.05) is 29.0 Å². The minimum absolute atomic E-state index is 0.639. The van der Waals surface area contributed by atoms with Crippen molar-refractivity contribution in [2.24, 2.45) is 0 Å². The normalized spacial score (nSPS) is 13.4. The van der Waals surface area contributed by atoms with Crippen LogP contribution in [0.15, 0.2) is 67.0 Å². The minimum Gasteiger partial charge on any atom is -0.490 e. The molecule has 5 nitrogen and oxygen atoms in total. The molecule has 0 radical (unpaired) electrons. The molecule has 4 aromatic rings. The molecular weight excluding hydrogens is 336 g/mol. The van der Waals surface area contributed by atoms with Crippen molar-refractivity contribution in [3.63, 3.8) is 0 Å². The molecule has 3 heterocycles. The van der Waals surface area contributed by atoms with Gasteiger partial charge in [0.15, 0.2) is 0 Å². The average Bonchev–Trinajstić information content (AvgIpc) is 3.15. The zero-order valence-electron chi connectivity index (χ0n) is 14.9. The van der Waals surface area contributed by atoms with Crippen molar-refractivity contribution in [1.29, 1.82) is 0 Å². The number of H-pyrrole nitrogens is 1. The first-order chi connectivity index (χ1) is 13.4. The summed E-state index contributed by atoms with van der Waals surface area (Å²) < 4.78 is 5.74. The summed E-state index contributed by atoms with van der Waals surface area (Å²) in [5.41, 5.74) is 4.58. The first kappa shape index (κ1) is 15.9. The summed E-state index contributed by atoms with van der Waals surface area (Å²) in [4.78, 5) is 14.8. The lowest BCUT2D eigenvalue weighted by molar-refractivity contribution is 0.313. The summed E-state index contributed by atoms with van der Waals surface area (Å²) in [5.74, 6) is 1.62. The van der Waals surface area contributed by atoms with Crippen molar-refractivity contribution in [2.75, 3.05) is 18.1 Å². The number of anilines is 2. The van der Waals surface area contributed by atoms with Crippen molar-refractivity contribution in [3.8, 4) is 5.75 Å². The van der Waals surface area contributed by atoms with Crippen LogP contribution in [0.25, 0.3) is 10.9 Å². The third-order valence-electron chi connectivity index (χ3n) is 5.00. The molecular formula is C22H20N4O. The fourth-order valence-electron chi connectivity index (χ4n) is 3.63. The van der Waals surface area contributed by atoms with Crippen molar-refractivity contribution in [3.05, 3.63) is 78.2 Å². The number of aromatic nitrogens is 3. The van der Waals surface area contributed by atoms with Crippen LogP contribution in [0.4, 0.5) is 11.6 Å². The Morgan fingerprint density at radius 1 is 1.00 bits per heavy atom. The molecule has 2 aromatic heterocycles. The number of fused-ring (bicyclic) bond motifs is 2. The molecule has 0 fully saturated rings. The Hall–Kier alpha value is -3.34. The first-order valence-corrected chi connectivity index (χ1v) is 9.25. The summed E-state index contributed by atoms with van der Waals surface area (Å²) in [5, 5.41) is 1.29. The van der Waals surface area contributed by atoms with Crippen LogP contribution in [0, 0.1) is 0 Å². The van der Waals surface area contributed by atoms with E-state index in [0.717, 1.165) is 42.5 Å². The van der Waals surface area contributed by atoms with E-state index in [0.29, 0.717) is 6.61 Å². The molecule has 134 valence electrons. The van der Waals surface area contributed by atoms with E-state index in [1.165, 1.54) is 16.5 Å². The molecule has 0 aliphatic carbocycles. The Morgan fingerprint density at radius 3 is 2.89 bits per heavy atom. The maximum atomic E-state index is 5.74. The van der Waals surface area contributed by atoms with Gasteiger partial charge in [0.25, 0.3) is 0 Å². The molecule has 1 N–H and O–H groups in total. The van der Waals surface area contributed by atoms with Gasteiger partial charge in [-0.05, 0) is 42.7 Å². The van der Waals surface area contributed by atoms with E-state index in [1.807, 2.05) is 30.5 Å². The molecule has 0 amide bonds. The van der Waals surface area contributed by atoms with Gasteiger partial charge in [-0.15, -0.1) is 0 Å². The van der Waals surface area contributed by atoms with Gasteiger partial charge in [0.1, 0.15) is 12.4 Å². The van der Waals surface area contributed by atoms with Crippen LogP contribution < -0.4 is 9.64 Å². The number of ether oxygens (including phenoxy) is 1. The second kappa shape index (κ2) is 6.76. The summed E-state index contributed by atoms with van der Waals surface area (Å²) in [6.45, 7) is 1.39. The van der Waals surface area contributed by atoms with E-state index < -0.39 is 0 Å². The molecule has 0 saturated heterocycles. The molecule has 2 aromatic carbocycles. The van der Waals surface area contributed by atoms with E-state index in [4.69, 9.17) is 9.72 Å². The zero-order chi connectivity index (χ0) is 18.1. The lowest BCUT2D eigenvalue weighted by Crippen LogP contribution is -2.30. The van der Waals surface area contributed by atoms with Gasteiger partial charge in [-0.25, -0.2) is 9.97 Å². The monoisotopic (exact) mass is 356 g/mol. The van der Waals surface area contributed by atoms with Crippen LogP contribution in [0.3, 0.4) is 0 Å². The summed E-state index contributed by atoms with van der Waals surface area (Å²) in [7, 11) is 0. The second-order valence-electron chi connectivity index (χ2n) is 6.68. The fourth-order valence-corrected chi connectivity index (χ4v) is 3.63. The summed E-state index contributed by atoms with van der Waals surface area (Å²) >= 11 is 0. The minimum atomic E-state index is 0.639. The first-order valence-electron chi connectivity index (χ1n) is 9.25. The van der Waals surface area contributed by atoms with E-state index >= 15 is 0 Å². The van der Waals surface area contributed by atoms with Crippen LogP contribution in [0.1, 0.15) is 11.3 Å². The number of aryl methyl sites for hydroxylation is 2. The Bertz CT molecular complexity index is 1090. The van der Waals surface area contributed by atoms with Crippen LogP contribution >= 0.6 is 0 Å². The van der Waals surface area contributed by atoms with Crippen LogP contribution in [0.2, 0.25) is 0 Å². The van der Waals surface area contributed by atoms with Crippen LogP contribution in [-0.4, -0.2) is 28.1 Å². The number of nitrogens with one attached hydrogen (secondary N) is 1. The molecule has 1 aliphatic rings. The van der Waals surface area contributed by atoms with Gasteiger partial charge in [-0.2, -0.15) is 0 Å². The second-order valence-corrected chi connectivity index (χ2v) is 6.68. The lowest BCUT2D eigenvalue weighted by Gasteiger charge is -2.29. The number of hydrogen-bond donors (Lipinski definition) is 1. The average molecular weight is 356 g/mol. The lowest BCUT2D eigenvalue weighted by atomic mass is 10.1. The van der Waals surface area contributed by atoms with Gasteiger partial charge < -0.3 is 14.6 Å². The van der Waals surface area contributed by atoms with E-state index in [9.17, 15) is 0 Å². The standard InChI is InChI=1S/C22H20N4O/c1-2-6-19-18(5-1)16(15-24-19)9-10-17-11-12-23-22(25-17)26-13-14-27-21-8-4-3-7-20(21)26/h1-8,11-12,15,24H,9-10,13-14H2. The highest BCUT2D eigenvalue weighted by atomic mass is 16.5. The molecule has 0 saturated carbocycles. The number of aromatic amines is 1. The highest BCUT2D eigenvalue weighted by Crippen LogP contribution is 2.34. The third-order valence-corrected chi connectivity index (χ3v) is 5.00. The van der Waals surface area contributed by atoms with Gasteiger partial charge >= 0.3 is 0 Å². The Balaban J connectivity index is 1.38. The highest BCUT2D eigenvalue weighted by Gasteiger charge is 2.21. The number of nitrogens with zero attached hydrogens (tertiary/aromatic N) is 3. The van der Waals surface area contributed by atoms with Crippen molar-refractivity contribution in [2.45, 2.75) is 12.8 Å². The van der Waals surface area contributed by atoms with Crippen molar-refractivity contribution >= 4 is 22.5 Å². The number of benzene rings is 2.